The van der Waals surface area contributed by atoms with Crippen LogP contribution in [0.25, 0.3) is 11.3 Å². The Kier molecular flexibility index (Phi) is 8.77. The van der Waals surface area contributed by atoms with Crippen molar-refractivity contribution in [3.8, 4) is 22.8 Å². The molecule has 35 heavy (non-hydrogen) atoms. The first-order valence-electron chi connectivity index (χ1n) is 11.5. The Bertz CT molecular complexity index is 1170. The van der Waals surface area contributed by atoms with Gasteiger partial charge in [0.2, 0.25) is 0 Å². The van der Waals surface area contributed by atoms with Crippen molar-refractivity contribution in [2.45, 2.75) is 39.7 Å². The molecule has 0 saturated heterocycles. The summed E-state index contributed by atoms with van der Waals surface area (Å²) < 4.78 is 35.6. The fourth-order valence-electron chi connectivity index (χ4n) is 4.09. The van der Waals surface area contributed by atoms with Crippen LogP contribution < -0.4 is 14.9 Å². The van der Waals surface area contributed by atoms with E-state index >= 15 is 0 Å². The van der Waals surface area contributed by atoms with E-state index in [2.05, 4.69) is 0 Å². The second-order valence-corrected chi connectivity index (χ2v) is 10.4. The van der Waals surface area contributed by atoms with Crippen molar-refractivity contribution >= 4 is 13.6 Å². The lowest BCUT2D eigenvalue weighted by Crippen LogP contribution is -2.28. The number of hydrogen-bond acceptors (Lipinski definition) is 7. The monoisotopic (exact) mass is 509 g/mol. The summed E-state index contributed by atoms with van der Waals surface area (Å²) in [6, 6.07) is 4.71. The number of aromatic nitrogens is 1. The van der Waals surface area contributed by atoms with Crippen LogP contribution >= 0.6 is 7.60 Å². The average Bonchev–Trinajstić information content (AvgIpc) is 2.79. The Balaban J connectivity index is 2.10. The van der Waals surface area contributed by atoms with Gasteiger partial charge in [0.25, 0.3) is 0 Å². The third kappa shape index (κ3) is 6.32. The molecule has 3 rings (SSSR count). The number of benzene rings is 1. The quantitative estimate of drug-likeness (QED) is 0.322. The van der Waals surface area contributed by atoms with Crippen LogP contribution in [0.5, 0.6) is 11.5 Å². The second-order valence-electron chi connectivity index (χ2n) is 8.64. The fraction of sp³-hybridized carbons (Fsp3) is 0.500. The summed E-state index contributed by atoms with van der Waals surface area (Å²) in [5, 5.41) is 9.46. The molecule has 192 valence electrons. The summed E-state index contributed by atoms with van der Waals surface area (Å²) in [4.78, 5) is 34.1. The predicted octanol–water partition coefficient (Wildman–Crippen LogP) is 3.94. The molecule has 0 saturated carbocycles. The Morgan fingerprint density at radius 3 is 2.54 bits per heavy atom. The minimum Gasteiger partial charge on any atom is -0.490 e. The van der Waals surface area contributed by atoms with E-state index in [4.69, 9.17) is 18.7 Å². The molecule has 2 heterocycles. The molecule has 0 spiro atoms. The van der Waals surface area contributed by atoms with Gasteiger partial charge in [-0.25, -0.2) is 4.79 Å². The first kappa shape index (κ1) is 26.9. The van der Waals surface area contributed by atoms with Gasteiger partial charge in [0.05, 0.1) is 18.9 Å². The minimum absolute atomic E-state index is 0.0560. The van der Waals surface area contributed by atoms with E-state index < -0.39 is 25.3 Å². The van der Waals surface area contributed by atoms with Gasteiger partial charge in [0.1, 0.15) is 5.56 Å². The Morgan fingerprint density at radius 2 is 1.91 bits per heavy atom. The highest BCUT2D eigenvalue weighted by molar-refractivity contribution is 7.52. The fourth-order valence-corrected chi connectivity index (χ4v) is 4.87. The van der Waals surface area contributed by atoms with Gasteiger partial charge in [-0.15, -0.1) is 0 Å². The zero-order valence-corrected chi connectivity index (χ0v) is 21.2. The SMILES string of the molecule is CCOP(=O)(O)COc1cc2c(cc1OCCCOC)CC(C(C)C)n1cc(C(=O)O)c(=O)cc1-2. The smallest absolute Gasteiger partial charge is 0.365 e. The van der Waals surface area contributed by atoms with E-state index in [1.54, 1.807) is 20.1 Å². The summed E-state index contributed by atoms with van der Waals surface area (Å²) in [5.74, 6) is -0.507. The van der Waals surface area contributed by atoms with E-state index in [0.29, 0.717) is 43.1 Å². The highest BCUT2D eigenvalue weighted by Crippen LogP contribution is 2.46. The number of hydrogen-bond donors (Lipinski definition) is 2. The number of ether oxygens (including phenoxy) is 3. The van der Waals surface area contributed by atoms with Crippen LogP contribution in [0.4, 0.5) is 0 Å². The molecular weight excluding hydrogens is 477 g/mol. The maximum absolute atomic E-state index is 12.6. The number of carbonyl (C=O) groups is 1. The molecule has 2 atom stereocenters. The van der Waals surface area contributed by atoms with Crippen molar-refractivity contribution in [2.24, 2.45) is 5.92 Å². The molecule has 0 bridgehead atoms. The lowest BCUT2D eigenvalue weighted by molar-refractivity contribution is 0.0694. The summed E-state index contributed by atoms with van der Waals surface area (Å²) in [6.07, 6.45) is 2.02. The molecule has 2 unspecified atom stereocenters. The van der Waals surface area contributed by atoms with Gasteiger partial charge in [-0.1, -0.05) is 13.8 Å². The van der Waals surface area contributed by atoms with Crippen molar-refractivity contribution in [2.75, 3.05) is 33.3 Å². The van der Waals surface area contributed by atoms with Crippen molar-refractivity contribution in [1.82, 2.24) is 4.57 Å². The molecule has 2 aromatic rings. The molecule has 10 nitrogen and oxygen atoms in total. The molecule has 0 radical (unpaired) electrons. The van der Waals surface area contributed by atoms with Gasteiger partial charge < -0.3 is 33.3 Å². The molecule has 0 amide bonds. The van der Waals surface area contributed by atoms with Crippen molar-refractivity contribution in [1.29, 1.82) is 0 Å². The molecule has 1 aromatic heterocycles. The Morgan fingerprint density at radius 1 is 1.20 bits per heavy atom. The van der Waals surface area contributed by atoms with Gasteiger partial charge in [0, 0.05) is 44.0 Å². The molecule has 0 aliphatic carbocycles. The van der Waals surface area contributed by atoms with E-state index in [9.17, 15) is 24.2 Å². The average molecular weight is 509 g/mol. The summed E-state index contributed by atoms with van der Waals surface area (Å²) in [7, 11) is -2.38. The summed E-state index contributed by atoms with van der Waals surface area (Å²) >= 11 is 0. The molecular formula is C24H32NO9P. The van der Waals surface area contributed by atoms with Crippen LogP contribution in [0.15, 0.2) is 29.2 Å². The normalized spacial score (nSPS) is 16.3. The minimum atomic E-state index is -3.98. The van der Waals surface area contributed by atoms with Gasteiger partial charge in [0.15, 0.2) is 23.3 Å². The number of rotatable bonds is 12. The van der Waals surface area contributed by atoms with Crippen molar-refractivity contribution < 1.29 is 38.1 Å². The van der Waals surface area contributed by atoms with E-state index in [-0.39, 0.29) is 29.9 Å². The van der Waals surface area contributed by atoms with Gasteiger partial charge >= 0.3 is 13.6 Å². The topological polar surface area (TPSA) is 134 Å². The predicted molar refractivity (Wildman–Crippen MR) is 130 cm³/mol. The first-order chi connectivity index (χ1) is 16.6. The number of fused-ring (bicyclic) bond motifs is 3. The number of aromatic carboxylic acids is 1. The van der Waals surface area contributed by atoms with Crippen LogP contribution in [0.3, 0.4) is 0 Å². The van der Waals surface area contributed by atoms with Crippen LogP contribution in [0.2, 0.25) is 0 Å². The van der Waals surface area contributed by atoms with Crippen LogP contribution in [-0.4, -0.2) is 53.8 Å². The zero-order chi connectivity index (χ0) is 25.8. The number of carboxylic acids is 1. The number of nitrogens with zero attached hydrogens (tertiary/aromatic N) is 1. The maximum Gasteiger partial charge on any atom is 0.365 e. The second kappa shape index (κ2) is 11.4. The maximum atomic E-state index is 12.6. The van der Waals surface area contributed by atoms with Crippen molar-refractivity contribution in [3.63, 3.8) is 0 Å². The number of carboxylic acid groups (broad SMARTS) is 1. The van der Waals surface area contributed by atoms with Gasteiger partial charge in [-0.2, -0.15) is 0 Å². The Labute approximate surface area is 203 Å². The standard InChI is InChI=1S/C24H32NO9P/c1-5-34-35(29,30)14-33-23-11-17-16(10-22(23)32-8-6-7-31-4)9-19(15(2)3)25-13-18(24(27)28)21(26)12-20(17)25/h10-13,15,19H,5-9,14H2,1-4H3,(H,27,28)(H,29,30). The number of methoxy groups -OCH3 is 1. The van der Waals surface area contributed by atoms with Gasteiger partial charge in [-0.3, -0.25) is 9.36 Å². The molecule has 11 heteroatoms. The molecule has 1 aromatic carbocycles. The molecule has 0 fully saturated rings. The van der Waals surface area contributed by atoms with Crippen molar-refractivity contribution in [3.05, 3.63) is 45.7 Å². The lowest BCUT2D eigenvalue weighted by Gasteiger charge is -2.34. The van der Waals surface area contributed by atoms with E-state index in [1.165, 1.54) is 12.3 Å². The van der Waals surface area contributed by atoms with Crippen LogP contribution in [-0.2, 0) is 20.2 Å². The first-order valence-corrected chi connectivity index (χ1v) is 13.2. The highest BCUT2D eigenvalue weighted by atomic mass is 31.2. The molecule has 2 N–H and O–H groups in total. The number of pyridine rings is 1. The third-order valence-electron chi connectivity index (χ3n) is 5.78. The van der Waals surface area contributed by atoms with E-state index in [0.717, 1.165) is 5.56 Å². The molecule has 1 aliphatic heterocycles. The van der Waals surface area contributed by atoms with E-state index in [1.807, 2.05) is 24.5 Å². The Hall–Kier alpha value is -2.65. The molecule has 1 aliphatic rings. The highest BCUT2D eigenvalue weighted by Gasteiger charge is 2.30. The van der Waals surface area contributed by atoms with Crippen LogP contribution in [0, 0.1) is 5.92 Å². The zero-order valence-electron chi connectivity index (χ0n) is 20.4. The largest absolute Gasteiger partial charge is 0.490 e. The summed E-state index contributed by atoms with van der Waals surface area (Å²) in [5.41, 5.74) is 1.22. The van der Waals surface area contributed by atoms with Gasteiger partial charge in [-0.05, 0) is 37.0 Å². The van der Waals surface area contributed by atoms with Crippen LogP contribution in [0.1, 0.15) is 49.2 Å². The summed E-state index contributed by atoms with van der Waals surface area (Å²) in [6.45, 7) is 6.58. The third-order valence-corrected chi connectivity index (χ3v) is 6.89. The lowest BCUT2D eigenvalue weighted by atomic mass is 9.87.